The summed E-state index contributed by atoms with van der Waals surface area (Å²) in [6.45, 7) is 3.75. The first kappa shape index (κ1) is 11.6. The van der Waals surface area contributed by atoms with Crippen LogP contribution in [0.5, 0.6) is 0 Å². The van der Waals surface area contributed by atoms with Crippen molar-refractivity contribution in [3.05, 3.63) is 36.8 Å². The summed E-state index contributed by atoms with van der Waals surface area (Å²) in [4.78, 5) is 12.4. The van der Waals surface area contributed by atoms with Gasteiger partial charge in [0.15, 0.2) is 0 Å². The summed E-state index contributed by atoms with van der Waals surface area (Å²) in [5, 5.41) is 7.52. The number of fused-ring (bicyclic) bond motifs is 1. The third kappa shape index (κ3) is 2.54. The van der Waals surface area contributed by atoms with Crippen LogP contribution >= 0.6 is 0 Å². The smallest absolute Gasteiger partial charge is 0.254 e. The molecule has 19 heavy (non-hydrogen) atoms. The fourth-order valence-electron chi connectivity index (χ4n) is 1.95. The summed E-state index contributed by atoms with van der Waals surface area (Å²) in [6, 6.07) is 1.97. The van der Waals surface area contributed by atoms with E-state index in [4.69, 9.17) is 0 Å². The highest BCUT2D eigenvalue weighted by Gasteiger charge is 2.04. The highest BCUT2D eigenvalue weighted by Crippen LogP contribution is 2.09. The number of anilines is 1. The van der Waals surface area contributed by atoms with Gasteiger partial charge in [-0.3, -0.25) is 0 Å². The van der Waals surface area contributed by atoms with E-state index in [1.807, 2.05) is 25.5 Å². The predicted octanol–water partition coefficient (Wildman–Crippen LogP) is 1.13. The number of aromatic nitrogens is 6. The molecule has 3 rings (SSSR count). The molecule has 3 aromatic heterocycles. The highest BCUT2D eigenvalue weighted by atomic mass is 15.3. The van der Waals surface area contributed by atoms with Crippen LogP contribution in [-0.4, -0.2) is 35.7 Å². The molecule has 0 bridgehead atoms. The fourth-order valence-corrected chi connectivity index (χ4v) is 1.95. The maximum absolute atomic E-state index is 4.30. The summed E-state index contributed by atoms with van der Waals surface area (Å²) in [6.07, 6.45) is 8.10. The van der Waals surface area contributed by atoms with Crippen LogP contribution in [0.25, 0.3) is 5.78 Å². The van der Waals surface area contributed by atoms with E-state index in [1.54, 1.807) is 10.7 Å². The van der Waals surface area contributed by atoms with Crippen molar-refractivity contribution in [3.8, 4) is 0 Å². The molecule has 98 valence electrons. The maximum Gasteiger partial charge on any atom is 0.254 e. The lowest BCUT2D eigenvalue weighted by Gasteiger charge is -2.08. The number of aryl methyl sites for hydroxylation is 2. The van der Waals surface area contributed by atoms with Crippen molar-refractivity contribution in [2.24, 2.45) is 0 Å². The molecule has 0 atom stereocenters. The first-order chi connectivity index (χ1) is 9.33. The van der Waals surface area contributed by atoms with Gasteiger partial charge in [0.2, 0.25) is 0 Å². The van der Waals surface area contributed by atoms with E-state index >= 15 is 0 Å². The third-order valence-corrected chi connectivity index (χ3v) is 2.84. The molecule has 0 unspecified atom stereocenters. The van der Waals surface area contributed by atoms with Gasteiger partial charge in [0, 0.05) is 37.2 Å². The van der Waals surface area contributed by atoms with Gasteiger partial charge in [0.1, 0.15) is 12.1 Å². The zero-order valence-electron chi connectivity index (χ0n) is 10.7. The number of rotatable bonds is 5. The molecule has 1 N–H and O–H groups in total. The summed E-state index contributed by atoms with van der Waals surface area (Å²) >= 11 is 0. The first-order valence-corrected chi connectivity index (χ1v) is 6.20. The molecular formula is C12H15N7. The Balaban J connectivity index is 1.63. The van der Waals surface area contributed by atoms with Gasteiger partial charge in [0.25, 0.3) is 5.78 Å². The Labute approximate surface area is 110 Å². The Morgan fingerprint density at radius 3 is 3.16 bits per heavy atom. The van der Waals surface area contributed by atoms with Crippen molar-refractivity contribution >= 4 is 11.6 Å². The molecule has 0 saturated heterocycles. The van der Waals surface area contributed by atoms with Crippen LogP contribution in [0.3, 0.4) is 0 Å². The normalized spacial score (nSPS) is 11.0. The second kappa shape index (κ2) is 5.05. The molecule has 0 aromatic carbocycles. The van der Waals surface area contributed by atoms with E-state index in [2.05, 4.69) is 29.9 Å². The number of nitrogens with one attached hydrogen (secondary N) is 1. The molecule has 0 aliphatic carbocycles. The SMILES string of the molecule is Cc1cc(NCCCn2ccnc2)n2ncnc2n1. The van der Waals surface area contributed by atoms with Crippen LogP contribution in [-0.2, 0) is 6.54 Å². The minimum atomic E-state index is 0.622. The van der Waals surface area contributed by atoms with Crippen LogP contribution in [0.4, 0.5) is 5.82 Å². The minimum Gasteiger partial charge on any atom is -0.370 e. The summed E-state index contributed by atoms with van der Waals surface area (Å²) in [7, 11) is 0. The molecule has 0 amide bonds. The van der Waals surface area contributed by atoms with E-state index in [0.717, 1.165) is 31.0 Å². The van der Waals surface area contributed by atoms with Crippen molar-refractivity contribution < 1.29 is 0 Å². The third-order valence-electron chi connectivity index (χ3n) is 2.84. The van der Waals surface area contributed by atoms with Crippen LogP contribution < -0.4 is 5.32 Å². The van der Waals surface area contributed by atoms with Crippen molar-refractivity contribution in [1.29, 1.82) is 0 Å². The molecule has 0 radical (unpaired) electrons. The van der Waals surface area contributed by atoms with E-state index in [-0.39, 0.29) is 0 Å². The van der Waals surface area contributed by atoms with Crippen LogP contribution in [0, 0.1) is 6.92 Å². The van der Waals surface area contributed by atoms with Gasteiger partial charge >= 0.3 is 0 Å². The van der Waals surface area contributed by atoms with Gasteiger partial charge < -0.3 is 9.88 Å². The Bertz CT molecular complexity index is 656. The monoisotopic (exact) mass is 257 g/mol. The number of hydrogen-bond donors (Lipinski definition) is 1. The summed E-state index contributed by atoms with van der Waals surface area (Å²) in [5.41, 5.74) is 0.928. The topological polar surface area (TPSA) is 72.9 Å². The van der Waals surface area contributed by atoms with Crippen molar-refractivity contribution in [1.82, 2.24) is 29.1 Å². The zero-order valence-corrected chi connectivity index (χ0v) is 10.7. The summed E-state index contributed by atoms with van der Waals surface area (Å²) in [5.74, 6) is 1.54. The number of imidazole rings is 1. The first-order valence-electron chi connectivity index (χ1n) is 6.20. The van der Waals surface area contributed by atoms with Crippen molar-refractivity contribution in [3.63, 3.8) is 0 Å². The average molecular weight is 257 g/mol. The van der Waals surface area contributed by atoms with Gasteiger partial charge in [-0.15, -0.1) is 0 Å². The molecular weight excluding hydrogens is 242 g/mol. The largest absolute Gasteiger partial charge is 0.370 e. The quantitative estimate of drug-likeness (QED) is 0.694. The average Bonchev–Trinajstić information content (AvgIpc) is 3.04. The molecule has 7 heteroatoms. The number of nitrogens with zero attached hydrogens (tertiary/aromatic N) is 6. The van der Waals surface area contributed by atoms with Gasteiger partial charge in [-0.25, -0.2) is 9.97 Å². The Kier molecular flexibility index (Phi) is 3.09. The molecule has 0 fully saturated rings. The molecule has 3 heterocycles. The maximum atomic E-state index is 4.30. The Hall–Kier alpha value is -2.44. The van der Waals surface area contributed by atoms with E-state index in [9.17, 15) is 0 Å². The molecule has 0 saturated carbocycles. The number of hydrogen-bond acceptors (Lipinski definition) is 5. The van der Waals surface area contributed by atoms with Crippen molar-refractivity contribution in [2.45, 2.75) is 19.9 Å². The molecule has 0 aliphatic heterocycles. The van der Waals surface area contributed by atoms with Gasteiger partial charge in [-0.05, 0) is 13.3 Å². The second-order valence-corrected chi connectivity index (χ2v) is 4.34. The Morgan fingerprint density at radius 1 is 1.37 bits per heavy atom. The molecule has 3 aromatic rings. The lowest BCUT2D eigenvalue weighted by Crippen LogP contribution is -2.10. The van der Waals surface area contributed by atoms with Gasteiger partial charge in [-0.1, -0.05) is 0 Å². The lowest BCUT2D eigenvalue weighted by molar-refractivity contribution is 0.659. The second-order valence-electron chi connectivity index (χ2n) is 4.34. The van der Waals surface area contributed by atoms with Crippen LogP contribution in [0.1, 0.15) is 12.1 Å². The molecule has 0 aliphatic rings. The van der Waals surface area contributed by atoms with Gasteiger partial charge in [0.05, 0.1) is 6.33 Å². The standard InChI is InChI=1S/C12H15N7/c1-10-7-11(19-12(17-10)15-8-16-19)14-3-2-5-18-6-4-13-9-18/h4,6-9,14H,2-3,5H2,1H3. The van der Waals surface area contributed by atoms with E-state index in [0.29, 0.717) is 5.78 Å². The lowest BCUT2D eigenvalue weighted by atomic mass is 10.4. The predicted molar refractivity (Wildman–Crippen MR) is 70.9 cm³/mol. The molecule has 0 spiro atoms. The Morgan fingerprint density at radius 2 is 2.32 bits per heavy atom. The van der Waals surface area contributed by atoms with Gasteiger partial charge in [-0.2, -0.15) is 14.6 Å². The highest BCUT2D eigenvalue weighted by molar-refractivity contribution is 5.44. The van der Waals surface area contributed by atoms with Crippen LogP contribution in [0.15, 0.2) is 31.1 Å². The zero-order chi connectivity index (χ0) is 13.1. The van der Waals surface area contributed by atoms with Crippen molar-refractivity contribution in [2.75, 3.05) is 11.9 Å². The van der Waals surface area contributed by atoms with E-state index in [1.165, 1.54) is 6.33 Å². The van der Waals surface area contributed by atoms with E-state index < -0.39 is 0 Å². The summed E-state index contributed by atoms with van der Waals surface area (Å²) < 4.78 is 3.77. The van der Waals surface area contributed by atoms with Crippen LogP contribution in [0.2, 0.25) is 0 Å². The molecule has 7 nitrogen and oxygen atoms in total. The minimum absolute atomic E-state index is 0.622. The fraction of sp³-hybridized carbons (Fsp3) is 0.333.